The summed E-state index contributed by atoms with van der Waals surface area (Å²) in [5.74, 6) is -0.293. The van der Waals surface area contributed by atoms with Gasteiger partial charge in [-0.25, -0.2) is 4.79 Å². The number of fused-ring (bicyclic) bond motifs is 1. The molecule has 1 heterocycles. The predicted molar refractivity (Wildman–Crippen MR) is 138 cm³/mol. The van der Waals surface area contributed by atoms with Crippen LogP contribution < -0.4 is 16.3 Å². The Morgan fingerprint density at radius 1 is 1.03 bits per heavy atom. The van der Waals surface area contributed by atoms with Crippen LogP contribution in [0.2, 0.25) is 5.02 Å². The summed E-state index contributed by atoms with van der Waals surface area (Å²) in [5.41, 5.74) is 7.54. The molecule has 9 heteroatoms. The number of anilines is 1. The summed E-state index contributed by atoms with van der Waals surface area (Å²) in [6, 6.07) is 15.2. The van der Waals surface area contributed by atoms with Gasteiger partial charge < -0.3 is 20.0 Å². The second-order valence-corrected chi connectivity index (χ2v) is 7.59. The molecule has 0 aliphatic heterocycles. The van der Waals surface area contributed by atoms with Crippen LogP contribution in [-0.2, 0) is 6.54 Å². The molecule has 0 saturated heterocycles. The molecule has 0 bridgehead atoms. The van der Waals surface area contributed by atoms with Crippen molar-refractivity contribution in [1.82, 2.24) is 4.90 Å². The van der Waals surface area contributed by atoms with Crippen molar-refractivity contribution in [3.63, 3.8) is 0 Å². The van der Waals surface area contributed by atoms with Gasteiger partial charge >= 0.3 is 5.63 Å². The smallest absolute Gasteiger partial charge is 0.347 e. The molecule has 0 aliphatic rings. The zero-order chi connectivity index (χ0) is 21.7. The molecule has 0 atom stereocenters. The average molecular weight is 500 g/mol. The highest BCUT2D eigenvalue weighted by Crippen LogP contribution is 2.24. The van der Waals surface area contributed by atoms with E-state index in [4.69, 9.17) is 27.2 Å². The lowest BCUT2D eigenvalue weighted by atomic mass is 10.1. The van der Waals surface area contributed by atoms with E-state index >= 15 is 0 Å². The van der Waals surface area contributed by atoms with Crippen molar-refractivity contribution < 1.29 is 4.42 Å². The van der Waals surface area contributed by atoms with Gasteiger partial charge in [0, 0.05) is 41.8 Å². The van der Waals surface area contributed by atoms with Gasteiger partial charge in [-0.15, -0.1) is 24.8 Å². The number of nitrogens with zero attached hydrogens (tertiary/aromatic N) is 2. The van der Waals surface area contributed by atoms with Gasteiger partial charge in [0.25, 0.3) is 0 Å². The van der Waals surface area contributed by atoms with Crippen molar-refractivity contribution in [3.05, 3.63) is 75.1 Å². The van der Waals surface area contributed by atoms with E-state index in [0.717, 1.165) is 42.8 Å². The van der Waals surface area contributed by atoms with Crippen molar-refractivity contribution in [2.75, 3.05) is 31.1 Å². The summed E-state index contributed by atoms with van der Waals surface area (Å²) in [6.07, 6.45) is 0. The Kier molecular flexibility index (Phi) is 11.0. The van der Waals surface area contributed by atoms with Crippen LogP contribution in [0, 0.1) is 5.41 Å². The lowest BCUT2D eigenvalue weighted by Crippen LogP contribution is -2.34. The van der Waals surface area contributed by atoms with E-state index in [1.807, 2.05) is 42.5 Å². The fourth-order valence-electron chi connectivity index (χ4n) is 3.40. The maximum atomic E-state index is 12.2. The van der Waals surface area contributed by atoms with Gasteiger partial charge in [0.15, 0.2) is 0 Å². The Labute approximate surface area is 205 Å². The highest BCUT2D eigenvalue weighted by molar-refractivity contribution is 6.30. The van der Waals surface area contributed by atoms with Crippen LogP contribution in [-0.4, -0.2) is 36.9 Å². The molecule has 3 N–H and O–H groups in total. The van der Waals surface area contributed by atoms with Crippen molar-refractivity contribution in [2.24, 2.45) is 5.73 Å². The molecule has 0 fully saturated rings. The first-order valence-corrected chi connectivity index (χ1v) is 10.4. The maximum absolute atomic E-state index is 12.2. The Balaban J connectivity index is 0.00000256. The Morgan fingerprint density at radius 2 is 1.69 bits per heavy atom. The molecule has 0 saturated carbocycles. The largest absolute Gasteiger partial charge is 0.422 e. The number of benzene rings is 2. The first kappa shape index (κ1) is 27.8. The van der Waals surface area contributed by atoms with E-state index in [-0.39, 0.29) is 36.2 Å². The van der Waals surface area contributed by atoms with Gasteiger partial charge in [0.05, 0.1) is 0 Å². The Bertz CT molecular complexity index is 1080. The SMILES string of the molecule is CCN(CC)CCN(Cc1ccc(Cl)cc1)c1ccc2cc(C(=N)N)c(=O)oc2c1.Cl.Cl. The van der Waals surface area contributed by atoms with E-state index in [1.54, 1.807) is 6.07 Å². The minimum Gasteiger partial charge on any atom is -0.422 e. The van der Waals surface area contributed by atoms with Crippen LogP contribution >= 0.6 is 36.4 Å². The summed E-state index contributed by atoms with van der Waals surface area (Å²) in [6.45, 7) is 8.75. The molecule has 1 aromatic heterocycles. The van der Waals surface area contributed by atoms with Gasteiger partial charge in [-0.3, -0.25) is 5.41 Å². The fourth-order valence-corrected chi connectivity index (χ4v) is 3.52. The minimum absolute atomic E-state index is 0. The lowest BCUT2D eigenvalue weighted by Gasteiger charge is -2.28. The van der Waals surface area contributed by atoms with Crippen molar-refractivity contribution in [3.8, 4) is 0 Å². The molecule has 2 aromatic carbocycles. The number of hydrogen-bond donors (Lipinski definition) is 2. The van der Waals surface area contributed by atoms with Crippen molar-refractivity contribution in [1.29, 1.82) is 5.41 Å². The van der Waals surface area contributed by atoms with Gasteiger partial charge in [-0.1, -0.05) is 37.6 Å². The predicted octanol–water partition coefficient (Wildman–Crippen LogP) is 4.92. The van der Waals surface area contributed by atoms with Gasteiger partial charge in [-0.2, -0.15) is 0 Å². The first-order chi connectivity index (χ1) is 14.4. The number of nitrogens with two attached hydrogens (primary N) is 1. The number of halogens is 3. The summed E-state index contributed by atoms with van der Waals surface area (Å²) < 4.78 is 5.45. The summed E-state index contributed by atoms with van der Waals surface area (Å²) in [5, 5.41) is 8.97. The number of hydrogen-bond acceptors (Lipinski definition) is 5. The van der Waals surface area contributed by atoms with Crippen LogP contribution in [0.4, 0.5) is 5.69 Å². The van der Waals surface area contributed by atoms with E-state index in [2.05, 4.69) is 23.6 Å². The minimum atomic E-state index is -0.598. The van der Waals surface area contributed by atoms with Crippen LogP contribution in [0.1, 0.15) is 25.0 Å². The van der Waals surface area contributed by atoms with E-state index < -0.39 is 5.63 Å². The first-order valence-electron chi connectivity index (χ1n) is 10.0. The fraction of sp³-hybridized carbons (Fsp3) is 0.304. The molecule has 3 aromatic rings. The Hall–Kier alpha value is -2.25. The normalized spacial score (nSPS) is 10.5. The van der Waals surface area contributed by atoms with E-state index in [0.29, 0.717) is 17.2 Å². The van der Waals surface area contributed by atoms with Crippen molar-refractivity contribution >= 4 is 58.9 Å². The molecule has 32 heavy (non-hydrogen) atoms. The van der Waals surface area contributed by atoms with Gasteiger partial charge in [-0.05, 0) is 49.0 Å². The molecule has 6 nitrogen and oxygen atoms in total. The highest BCUT2D eigenvalue weighted by Gasteiger charge is 2.13. The summed E-state index contributed by atoms with van der Waals surface area (Å²) in [7, 11) is 0. The second kappa shape index (κ2) is 12.7. The monoisotopic (exact) mass is 498 g/mol. The highest BCUT2D eigenvalue weighted by atomic mass is 35.5. The molecule has 0 aliphatic carbocycles. The molecule has 0 spiro atoms. The number of nitrogens with one attached hydrogen (secondary N) is 1. The number of amidine groups is 1. The molecule has 3 rings (SSSR count). The van der Waals surface area contributed by atoms with E-state index in [1.165, 1.54) is 0 Å². The third kappa shape index (κ3) is 6.87. The maximum Gasteiger partial charge on any atom is 0.347 e. The van der Waals surface area contributed by atoms with E-state index in [9.17, 15) is 4.79 Å². The number of rotatable bonds is 9. The second-order valence-electron chi connectivity index (χ2n) is 7.16. The zero-order valence-corrected chi connectivity index (χ0v) is 20.5. The number of likely N-dealkylation sites (N-methyl/N-ethyl adjacent to an activating group) is 1. The topological polar surface area (TPSA) is 86.6 Å². The molecular formula is C23H29Cl3N4O2. The van der Waals surface area contributed by atoms with Crippen molar-refractivity contribution in [2.45, 2.75) is 20.4 Å². The standard InChI is InChI=1S/C23H27ClN4O2.2ClH/c1-3-27(4-2)11-12-28(15-16-5-8-18(24)9-6-16)19-10-7-17-13-20(22(25)26)23(29)30-21(17)14-19;;/h5-10,13-14H,3-4,11-12,15H2,1-2H3,(H3,25,26);2*1H. The molecule has 0 radical (unpaired) electrons. The van der Waals surface area contributed by atoms with Crippen LogP contribution in [0.25, 0.3) is 11.0 Å². The lowest BCUT2D eigenvalue weighted by molar-refractivity contribution is 0.309. The van der Waals surface area contributed by atoms with Crippen LogP contribution in [0.5, 0.6) is 0 Å². The summed E-state index contributed by atoms with van der Waals surface area (Å²) in [4.78, 5) is 16.8. The van der Waals surface area contributed by atoms with Crippen LogP contribution in [0.15, 0.2) is 57.7 Å². The molecule has 0 unspecified atom stereocenters. The quantitative estimate of drug-likeness (QED) is 0.248. The zero-order valence-electron chi connectivity index (χ0n) is 18.1. The number of nitrogen functional groups attached to an aromatic ring is 1. The molecule has 0 amide bonds. The van der Waals surface area contributed by atoms with Gasteiger partial charge in [0.1, 0.15) is 17.0 Å². The third-order valence-corrected chi connectivity index (χ3v) is 5.49. The average Bonchev–Trinajstić information content (AvgIpc) is 2.74. The molecular weight excluding hydrogens is 471 g/mol. The Morgan fingerprint density at radius 3 is 2.28 bits per heavy atom. The summed E-state index contributed by atoms with van der Waals surface area (Å²) >= 11 is 6.03. The van der Waals surface area contributed by atoms with Crippen LogP contribution in [0.3, 0.4) is 0 Å². The third-order valence-electron chi connectivity index (χ3n) is 5.24. The van der Waals surface area contributed by atoms with Gasteiger partial charge in [0.2, 0.25) is 0 Å². The molecule has 174 valence electrons.